The van der Waals surface area contributed by atoms with E-state index in [1.807, 2.05) is 18.2 Å². The van der Waals surface area contributed by atoms with Crippen molar-refractivity contribution in [1.29, 1.82) is 0 Å². The van der Waals surface area contributed by atoms with Gasteiger partial charge in [0.25, 0.3) is 10.0 Å². The van der Waals surface area contributed by atoms with Gasteiger partial charge in [0.1, 0.15) is 5.82 Å². The SMILES string of the molecule is O=S(=O)(c1ccccc1)n1c(-c2ccc(N3CCOCC3)nc2)cc2c(Br)ccnc21. The lowest BCUT2D eigenvalue weighted by molar-refractivity contribution is 0.122. The van der Waals surface area contributed by atoms with Crippen molar-refractivity contribution in [3.05, 3.63) is 71.5 Å². The van der Waals surface area contributed by atoms with Crippen molar-refractivity contribution in [2.45, 2.75) is 4.90 Å². The third-order valence-electron chi connectivity index (χ3n) is 5.27. The predicted octanol–water partition coefficient (Wildman–Crippen LogP) is 3.93. The zero-order chi connectivity index (χ0) is 21.4. The van der Waals surface area contributed by atoms with Crippen LogP contribution in [0.15, 0.2) is 76.4 Å². The van der Waals surface area contributed by atoms with Crippen LogP contribution in [-0.4, -0.2) is 48.7 Å². The van der Waals surface area contributed by atoms with E-state index in [9.17, 15) is 8.42 Å². The first-order valence-electron chi connectivity index (χ1n) is 9.81. The normalized spacial score (nSPS) is 14.8. The van der Waals surface area contributed by atoms with E-state index in [-0.39, 0.29) is 4.90 Å². The minimum Gasteiger partial charge on any atom is -0.378 e. The molecule has 9 heteroatoms. The number of ether oxygens (including phenoxy) is 1. The molecular formula is C22H19BrN4O3S. The minimum absolute atomic E-state index is 0.202. The highest BCUT2D eigenvalue weighted by molar-refractivity contribution is 9.10. The molecule has 1 saturated heterocycles. The molecule has 4 aromatic rings. The van der Waals surface area contributed by atoms with Crippen LogP contribution in [0.25, 0.3) is 22.3 Å². The molecule has 1 fully saturated rings. The molecule has 7 nitrogen and oxygen atoms in total. The predicted molar refractivity (Wildman–Crippen MR) is 123 cm³/mol. The van der Waals surface area contributed by atoms with Gasteiger partial charge in [-0.1, -0.05) is 18.2 Å². The largest absolute Gasteiger partial charge is 0.378 e. The van der Waals surface area contributed by atoms with Crippen molar-refractivity contribution < 1.29 is 13.2 Å². The van der Waals surface area contributed by atoms with E-state index >= 15 is 0 Å². The lowest BCUT2D eigenvalue weighted by atomic mass is 10.2. The van der Waals surface area contributed by atoms with Gasteiger partial charge < -0.3 is 9.64 Å². The van der Waals surface area contributed by atoms with Crippen molar-refractivity contribution in [3.63, 3.8) is 0 Å². The number of hydrogen-bond acceptors (Lipinski definition) is 6. The molecule has 0 unspecified atom stereocenters. The standard InChI is InChI=1S/C22H19BrN4O3S/c23-19-8-9-24-22-18(19)14-20(27(22)31(28,29)17-4-2-1-3-5-17)16-6-7-21(25-15-16)26-10-12-30-13-11-26/h1-9,14-15H,10-13H2. The highest BCUT2D eigenvalue weighted by atomic mass is 79.9. The molecule has 4 heterocycles. The third-order valence-corrected chi connectivity index (χ3v) is 7.68. The number of morpholine rings is 1. The van der Waals surface area contributed by atoms with Gasteiger partial charge in [0.2, 0.25) is 0 Å². The summed E-state index contributed by atoms with van der Waals surface area (Å²) in [6.45, 7) is 2.91. The van der Waals surface area contributed by atoms with Crippen LogP contribution in [-0.2, 0) is 14.8 Å². The van der Waals surface area contributed by atoms with E-state index in [1.165, 1.54) is 3.97 Å². The highest BCUT2D eigenvalue weighted by Gasteiger charge is 2.25. The van der Waals surface area contributed by atoms with Crippen LogP contribution in [0.4, 0.5) is 5.82 Å². The molecule has 0 bridgehead atoms. The Morgan fingerprint density at radius 2 is 1.74 bits per heavy atom. The van der Waals surface area contributed by atoms with Crippen molar-refractivity contribution in [2.24, 2.45) is 0 Å². The fraction of sp³-hybridized carbons (Fsp3) is 0.182. The third kappa shape index (κ3) is 3.62. The van der Waals surface area contributed by atoms with E-state index in [0.717, 1.165) is 23.4 Å². The van der Waals surface area contributed by atoms with Crippen LogP contribution in [0.1, 0.15) is 0 Å². The van der Waals surface area contributed by atoms with Gasteiger partial charge in [-0.05, 0) is 52.3 Å². The summed E-state index contributed by atoms with van der Waals surface area (Å²) in [5.74, 6) is 0.847. The van der Waals surface area contributed by atoms with E-state index in [4.69, 9.17) is 4.74 Å². The summed E-state index contributed by atoms with van der Waals surface area (Å²) in [5, 5.41) is 0.717. The molecule has 31 heavy (non-hydrogen) atoms. The highest BCUT2D eigenvalue weighted by Crippen LogP contribution is 2.34. The quantitative estimate of drug-likeness (QED) is 0.424. The number of benzene rings is 1. The minimum atomic E-state index is -3.87. The Morgan fingerprint density at radius 1 is 0.968 bits per heavy atom. The Kier molecular flexibility index (Phi) is 5.25. The molecular weight excluding hydrogens is 480 g/mol. The van der Waals surface area contributed by atoms with E-state index in [0.29, 0.717) is 35.5 Å². The number of pyridine rings is 2. The van der Waals surface area contributed by atoms with Crippen LogP contribution in [0, 0.1) is 0 Å². The van der Waals surface area contributed by atoms with E-state index < -0.39 is 10.0 Å². The van der Waals surface area contributed by atoms with Gasteiger partial charge in [-0.2, -0.15) is 0 Å². The molecule has 0 aliphatic carbocycles. The zero-order valence-electron chi connectivity index (χ0n) is 16.5. The van der Waals surface area contributed by atoms with Crippen LogP contribution < -0.4 is 4.90 Å². The molecule has 0 atom stereocenters. The Labute approximate surface area is 188 Å². The second-order valence-corrected chi connectivity index (χ2v) is 9.79. The smallest absolute Gasteiger partial charge is 0.269 e. The van der Waals surface area contributed by atoms with Gasteiger partial charge in [-0.3, -0.25) is 0 Å². The monoisotopic (exact) mass is 498 g/mol. The second kappa shape index (κ2) is 8.07. The van der Waals surface area contributed by atoms with Crippen LogP contribution in [0.2, 0.25) is 0 Å². The average molecular weight is 499 g/mol. The van der Waals surface area contributed by atoms with Crippen molar-refractivity contribution in [3.8, 4) is 11.3 Å². The Morgan fingerprint density at radius 3 is 2.45 bits per heavy atom. The van der Waals surface area contributed by atoms with Gasteiger partial charge in [0.15, 0.2) is 5.65 Å². The molecule has 5 rings (SSSR count). The summed E-state index contributed by atoms with van der Waals surface area (Å²) in [6, 6.07) is 15.8. The average Bonchev–Trinajstić information content (AvgIpc) is 3.22. The first kappa shape index (κ1) is 20.2. The van der Waals surface area contributed by atoms with Crippen molar-refractivity contribution in [1.82, 2.24) is 13.9 Å². The summed E-state index contributed by atoms with van der Waals surface area (Å²) >= 11 is 3.52. The molecule has 1 aliphatic rings. The lowest BCUT2D eigenvalue weighted by Gasteiger charge is -2.27. The zero-order valence-corrected chi connectivity index (χ0v) is 18.9. The van der Waals surface area contributed by atoms with Gasteiger partial charge in [-0.15, -0.1) is 0 Å². The fourth-order valence-corrected chi connectivity index (χ4v) is 5.62. The maximum atomic E-state index is 13.6. The van der Waals surface area contributed by atoms with Gasteiger partial charge in [0.05, 0.1) is 23.8 Å². The number of rotatable bonds is 4. The fourth-order valence-electron chi connectivity index (χ4n) is 3.70. The van der Waals surface area contributed by atoms with E-state index in [1.54, 1.807) is 48.8 Å². The number of fused-ring (bicyclic) bond motifs is 1. The maximum absolute atomic E-state index is 13.6. The topological polar surface area (TPSA) is 77.3 Å². The number of hydrogen-bond donors (Lipinski definition) is 0. The van der Waals surface area contributed by atoms with E-state index in [2.05, 4.69) is 30.8 Å². The summed E-state index contributed by atoms with van der Waals surface area (Å²) in [7, 11) is -3.87. The molecule has 0 radical (unpaired) electrons. The van der Waals surface area contributed by atoms with Gasteiger partial charge >= 0.3 is 0 Å². The molecule has 0 saturated carbocycles. The second-order valence-electron chi connectivity index (χ2n) is 7.15. The molecule has 0 spiro atoms. The molecule has 1 aromatic carbocycles. The molecule has 3 aromatic heterocycles. The number of anilines is 1. The lowest BCUT2D eigenvalue weighted by Crippen LogP contribution is -2.36. The molecule has 158 valence electrons. The summed E-state index contributed by atoms with van der Waals surface area (Å²) in [6.07, 6.45) is 3.30. The first-order valence-corrected chi connectivity index (χ1v) is 12.0. The van der Waals surface area contributed by atoms with Gasteiger partial charge in [-0.25, -0.2) is 22.4 Å². The number of halogens is 1. The Balaban J connectivity index is 1.67. The van der Waals surface area contributed by atoms with Crippen molar-refractivity contribution >= 4 is 42.8 Å². The number of nitrogens with zero attached hydrogens (tertiary/aromatic N) is 4. The first-order chi connectivity index (χ1) is 15.1. The molecule has 0 amide bonds. The molecule has 1 aliphatic heterocycles. The number of aromatic nitrogens is 3. The Bertz CT molecular complexity index is 1330. The summed E-state index contributed by atoms with van der Waals surface area (Å²) in [4.78, 5) is 11.3. The summed E-state index contributed by atoms with van der Waals surface area (Å²) < 4.78 is 34.7. The Hall–Kier alpha value is -2.75. The molecule has 0 N–H and O–H groups in total. The maximum Gasteiger partial charge on any atom is 0.269 e. The van der Waals surface area contributed by atoms with Crippen LogP contribution >= 0.6 is 15.9 Å². The van der Waals surface area contributed by atoms with Crippen LogP contribution in [0.3, 0.4) is 0 Å². The van der Waals surface area contributed by atoms with Crippen molar-refractivity contribution in [2.75, 3.05) is 31.2 Å². The summed E-state index contributed by atoms with van der Waals surface area (Å²) in [5.41, 5.74) is 1.58. The van der Waals surface area contributed by atoms with Crippen LogP contribution in [0.5, 0.6) is 0 Å². The van der Waals surface area contributed by atoms with Gasteiger partial charge in [0, 0.05) is 40.9 Å².